The van der Waals surface area contributed by atoms with Crippen molar-refractivity contribution in [2.75, 3.05) is 61.4 Å². The number of pyridine rings is 1. The van der Waals surface area contributed by atoms with Gasteiger partial charge in [0.05, 0.1) is 47.4 Å². The number of piperidine rings is 1. The molecule has 2 bridgehead atoms. The molecule has 3 aromatic heterocycles. The third kappa shape index (κ3) is 11.0. The number of fused-ring (bicyclic) bond motifs is 2. The van der Waals surface area contributed by atoms with Crippen molar-refractivity contribution in [1.82, 2.24) is 35.5 Å². The zero-order valence-electron chi connectivity index (χ0n) is 41.6. The number of phenols is 1. The molecule has 7 heterocycles. The molecule has 5 aromatic rings. The van der Waals surface area contributed by atoms with E-state index in [4.69, 9.17) is 29.7 Å². The van der Waals surface area contributed by atoms with Gasteiger partial charge in [-0.3, -0.25) is 14.5 Å². The summed E-state index contributed by atoms with van der Waals surface area (Å²) in [7, 11) is 0. The van der Waals surface area contributed by atoms with E-state index in [1.54, 1.807) is 42.5 Å². The SMILES string of the molecule is CC(C)[C@H](C(=O)N1C[C@H](O)C[C@H]1C(=O)N[C@@H](C)c1ccc(C#N)cc1)c1cc(OCCN2CCC(OC3CC(Oc4cc(N5C6CCC5CN(c5cc(-c7ccccc7O)nnc5N)C6)ccn4)C3)CC2)no1. The first-order valence-corrected chi connectivity index (χ1v) is 25.7. The van der Waals surface area contributed by atoms with Gasteiger partial charge < -0.3 is 54.7 Å². The molecule has 1 saturated carbocycles. The lowest BCUT2D eigenvalue weighted by molar-refractivity contribution is -0.141. The normalized spacial score (nSPS) is 24.0. The number of phenolic OH excluding ortho intramolecular Hbond substituents is 1. The molecule has 5 fully saturated rings. The molecule has 10 rings (SSSR count). The Kier molecular flexibility index (Phi) is 14.7. The van der Waals surface area contributed by atoms with Crippen molar-refractivity contribution in [1.29, 1.82) is 5.26 Å². The molecule has 0 spiro atoms. The van der Waals surface area contributed by atoms with Crippen LogP contribution in [0.3, 0.4) is 0 Å². The fourth-order valence-electron chi connectivity index (χ4n) is 11.3. The lowest BCUT2D eigenvalue weighted by Crippen LogP contribution is -2.54. The van der Waals surface area contributed by atoms with E-state index in [0.717, 1.165) is 81.6 Å². The van der Waals surface area contributed by atoms with Crippen molar-refractivity contribution in [3.8, 4) is 34.8 Å². The van der Waals surface area contributed by atoms with E-state index >= 15 is 0 Å². The van der Waals surface area contributed by atoms with Crippen LogP contribution in [0.4, 0.5) is 17.2 Å². The van der Waals surface area contributed by atoms with Gasteiger partial charge in [0.25, 0.3) is 5.88 Å². The summed E-state index contributed by atoms with van der Waals surface area (Å²) in [5.41, 5.74) is 10.9. The van der Waals surface area contributed by atoms with Crippen molar-refractivity contribution in [2.24, 2.45) is 5.92 Å². The smallest absolute Gasteiger partial charge is 0.254 e. The molecule has 1 aliphatic carbocycles. The van der Waals surface area contributed by atoms with Gasteiger partial charge in [-0.1, -0.05) is 38.1 Å². The number of β-amino-alcohol motifs (C(OH)–C–C–N with tert-alkyl or cyclic N) is 1. The van der Waals surface area contributed by atoms with Crippen LogP contribution >= 0.6 is 0 Å². The van der Waals surface area contributed by atoms with Crippen LogP contribution in [0.15, 0.2) is 83.5 Å². The molecule has 5 N–H and O–H groups in total. The summed E-state index contributed by atoms with van der Waals surface area (Å²) in [5, 5.41) is 45.9. The van der Waals surface area contributed by atoms with E-state index in [1.165, 1.54) is 4.90 Å². The Balaban J connectivity index is 0.643. The van der Waals surface area contributed by atoms with Crippen LogP contribution in [0.5, 0.6) is 17.5 Å². The summed E-state index contributed by atoms with van der Waals surface area (Å²) in [6, 6.07) is 23.3. The predicted octanol–water partition coefficient (Wildman–Crippen LogP) is 5.59. The van der Waals surface area contributed by atoms with Gasteiger partial charge in [-0.2, -0.15) is 5.26 Å². The Morgan fingerprint density at radius 2 is 1.66 bits per heavy atom. The number of nitrogens with one attached hydrogen (secondary N) is 1. The number of aromatic nitrogens is 4. The van der Waals surface area contributed by atoms with Gasteiger partial charge >= 0.3 is 0 Å². The lowest BCUT2D eigenvalue weighted by Gasteiger charge is -2.43. The second kappa shape index (κ2) is 21.6. The Hall–Kier alpha value is -7.01. The quantitative estimate of drug-likeness (QED) is 0.0887. The highest BCUT2D eigenvalue weighted by atomic mass is 16.5. The minimum Gasteiger partial charge on any atom is -0.507 e. The number of amides is 2. The molecule has 4 aliphatic heterocycles. The van der Waals surface area contributed by atoms with Crippen LogP contribution in [0.2, 0.25) is 0 Å². The van der Waals surface area contributed by atoms with Gasteiger partial charge in [-0.25, -0.2) is 4.98 Å². The standard InChI is InChI=1S/C54H65N11O8/c1-32(2)51(54(69)64-31-39(66)23-46(64)53(68)58-33(3)35-10-8-34(28-55)9-11-35)48-27-50(61-73-48)70-21-20-62-18-15-40(16-19-62)71-41-24-42(25-41)72-49-22-36(14-17-57-49)65-37-12-13-38(65)30-63(29-37)45-26-44(59-60-52(45)56)43-6-4-5-7-47(43)67/h4-11,14,17,22,26-27,32-33,37-42,46,51,66-67H,12-13,15-16,18-21,23-25,29-31H2,1-3H3,(H2,56,60)(H,58,68)/t33-,37?,38?,39+,41?,42?,46-,51-/m0/s1. The number of hydrogen-bond donors (Lipinski definition) is 4. The number of piperazine rings is 1. The molecule has 0 radical (unpaired) electrons. The van der Waals surface area contributed by atoms with E-state index in [9.17, 15) is 19.8 Å². The highest BCUT2D eigenvalue weighted by Gasteiger charge is 2.44. The summed E-state index contributed by atoms with van der Waals surface area (Å²) in [6.07, 6.45) is 7.15. The Bertz CT molecular complexity index is 2760. The molecular weight excluding hydrogens is 931 g/mol. The molecule has 19 nitrogen and oxygen atoms in total. The zero-order chi connectivity index (χ0) is 50.8. The third-order valence-electron chi connectivity index (χ3n) is 15.2. The fourth-order valence-corrected chi connectivity index (χ4v) is 11.3. The Labute approximate surface area is 425 Å². The maximum atomic E-state index is 14.1. The number of benzene rings is 2. The molecule has 384 valence electrons. The number of aromatic hydroxyl groups is 1. The number of anilines is 3. The van der Waals surface area contributed by atoms with E-state index in [2.05, 4.69) is 58.6 Å². The van der Waals surface area contributed by atoms with E-state index < -0.39 is 18.1 Å². The van der Waals surface area contributed by atoms with Gasteiger partial charge in [-0.05, 0) is 85.6 Å². The van der Waals surface area contributed by atoms with E-state index in [1.807, 2.05) is 45.2 Å². The van der Waals surface area contributed by atoms with E-state index in [0.29, 0.717) is 53.3 Å². The number of carbonyl (C=O) groups excluding carboxylic acids is 2. The number of ether oxygens (including phenoxy) is 3. The lowest BCUT2D eigenvalue weighted by atomic mass is 9.91. The van der Waals surface area contributed by atoms with Gasteiger partial charge in [0.15, 0.2) is 11.6 Å². The second-order valence-corrected chi connectivity index (χ2v) is 20.6. The summed E-state index contributed by atoms with van der Waals surface area (Å²) in [5.74, 6) is 0.207. The fraction of sp³-hybridized carbons (Fsp3) is 0.500. The Morgan fingerprint density at radius 3 is 2.38 bits per heavy atom. The number of nitrogens with two attached hydrogens (primary N) is 1. The number of aliphatic hydroxyl groups excluding tert-OH is 1. The number of nitrogen functional groups attached to an aromatic ring is 1. The van der Waals surface area contributed by atoms with E-state index in [-0.39, 0.29) is 72.9 Å². The first-order chi connectivity index (χ1) is 35.4. The molecule has 4 saturated heterocycles. The number of nitrogens with zero attached hydrogens (tertiary/aromatic N) is 9. The first kappa shape index (κ1) is 49.6. The van der Waals surface area contributed by atoms with Crippen LogP contribution in [0.1, 0.15) is 94.6 Å². The minimum absolute atomic E-state index is 0.0330. The number of carbonyl (C=O) groups is 2. The number of hydrogen-bond acceptors (Lipinski definition) is 17. The number of para-hydroxylation sites is 1. The van der Waals surface area contributed by atoms with Crippen molar-refractivity contribution >= 4 is 29.0 Å². The topological polar surface area (TPSA) is 242 Å². The number of likely N-dealkylation sites (tertiary alicyclic amines) is 2. The van der Waals surface area contributed by atoms with Gasteiger partial charge in [0.1, 0.15) is 30.4 Å². The number of aliphatic hydroxyl groups is 1. The van der Waals surface area contributed by atoms with Crippen LogP contribution in [0.25, 0.3) is 11.3 Å². The third-order valence-corrected chi connectivity index (χ3v) is 15.2. The van der Waals surface area contributed by atoms with Crippen LogP contribution in [-0.2, 0) is 14.3 Å². The second-order valence-electron chi connectivity index (χ2n) is 20.6. The van der Waals surface area contributed by atoms with Crippen molar-refractivity contribution < 1.29 is 38.5 Å². The zero-order valence-corrected chi connectivity index (χ0v) is 41.6. The number of rotatable bonds is 17. The molecule has 73 heavy (non-hydrogen) atoms. The molecule has 5 aliphatic rings. The number of nitriles is 1. The largest absolute Gasteiger partial charge is 0.507 e. The molecular formula is C54H65N11O8. The summed E-state index contributed by atoms with van der Waals surface area (Å²) in [4.78, 5) is 40.8. The highest BCUT2D eigenvalue weighted by molar-refractivity contribution is 5.91. The molecule has 2 amide bonds. The molecule has 2 unspecified atom stereocenters. The van der Waals surface area contributed by atoms with Crippen LogP contribution in [-0.4, -0.2) is 141 Å². The monoisotopic (exact) mass is 996 g/mol. The summed E-state index contributed by atoms with van der Waals surface area (Å²) >= 11 is 0. The molecule has 6 atom stereocenters. The minimum atomic E-state index is -0.853. The van der Waals surface area contributed by atoms with Gasteiger partial charge in [0, 0.05) is 100 Å². The molecule has 2 aromatic carbocycles. The average molecular weight is 996 g/mol. The Morgan fingerprint density at radius 1 is 0.904 bits per heavy atom. The van der Waals surface area contributed by atoms with Crippen molar-refractivity contribution in [3.63, 3.8) is 0 Å². The summed E-state index contributed by atoms with van der Waals surface area (Å²) < 4.78 is 24.6. The first-order valence-electron chi connectivity index (χ1n) is 25.7. The van der Waals surface area contributed by atoms with Crippen LogP contribution in [0, 0.1) is 17.2 Å². The van der Waals surface area contributed by atoms with Crippen molar-refractivity contribution in [3.05, 3.63) is 95.9 Å². The average Bonchev–Trinajstić information content (AvgIpc) is 4.08. The maximum absolute atomic E-state index is 14.1. The summed E-state index contributed by atoms with van der Waals surface area (Å²) in [6.45, 7) is 10.1. The highest BCUT2D eigenvalue weighted by Crippen LogP contribution is 2.41. The maximum Gasteiger partial charge on any atom is 0.254 e. The van der Waals surface area contributed by atoms with Crippen LogP contribution < -0.4 is 30.3 Å². The molecule has 19 heteroatoms. The van der Waals surface area contributed by atoms with Crippen molar-refractivity contribution in [2.45, 2.75) is 120 Å². The predicted molar refractivity (Wildman–Crippen MR) is 271 cm³/mol. The van der Waals surface area contributed by atoms with Gasteiger partial charge in [0.2, 0.25) is 17.7 Å². The van der Waals surface area contributed by atoms with Gasteiger partial charge in [-0.15, -0.1) is 10.2 Å².